The molecule has 0 aliphatic heterocycles. The van der Waals surface area contributed by atoms with E-state index in [4.69, 9.17) is 5.14 Å². The van der Waals surface area contributed by atoms with Gasteiger partial charge in [0.2, 0.25) is 10.0 Å². The molecule has 1 aromatic heterocycles. The molecule has 2 aromatic rings. The third-order valence-corrected chi connectivity index (χ3v) is 4.74. The number of aryl methyl sites for hydroxylation is 1. The van der Waals surface area contributed by atoms with Gasteiger partial charge in [0.05, 0.1) is 0 Å². The van der Waals surface area contributed by atoms with Crippen molar-refractivity contribution in [2.24, 2.45) is 12.2 Å². The molecule has 0 unspecified atom stereocenters. The zero-order chi connectivity index (χ0) is 15.8. The molecule has 8 nitrogen and oxygen atoms in total. The highest BCUT2D eigenvalue weighted by Crippen LogP contribution is 2.22. The molecule has 1 heterocycles. The van der Waals surface area contributed by atoms with Crippen molar-refractivity contribution < 1.29 is 21.2 Å². The van der Waals surface area contributed by atoms with Crippen molar-refractivity contribution in [3.8, 4) is 0 Å². The lowest BCUT2D eigenvalue weighted by Gasteiger charge is -2.07. The van der Waals surface area contributed by atoms with Gasteiger partial charge in [0.15, 0.2) is 5.82 Å². The van der Waals surface area contributed by atoms with Crippen LogP contribution >= 0.6 is 0 Å². The second kappa shape index (κ2) is 5.09. The van der Waals surface area contributed by atoms with Crippen molar-refractivity contribution in [3.05, 3.63) is 36.3 Å². The van der Waals surface area contributed by atoms with E-state index in [2.05, 4.69) is 5.10 Å². The van der Waals surface area contributed by atoms with Crippen molar-refractivity contribution in [1.82, 2.24) is 9.78 Å². The van der Waals surface area contributed by atoms with E-state index in [0.29, 0.717) is 0 Å². The van der Waals surface area contributed by atoms with Gasteiger partial charge in [-0.25, -0.2) is 26.4 Å². The van der Waals surface area contributed by atoms with Gasteiger partial charge >= 0.3 is 0 Å². The lowest BCUT2D eigenvalue weighted by Crippen LogP contribution is -2.19. The van der Waals surface area contributed by atoms with Crippen LogP contribution in [0.5, 0.6) is 0 Å². The van der Waals surface area contributed by atoms with Gasteiger partial charge in [-0.3, -0.25) is 9.40 Å². The summed E-state index contributed by atoms with van der Waals surface area (Å²) in [4.78, 5) is -1.14. The molecule has 3 N–H and O–H groups in total. The van der Waals surface area contributed by atoms with Crippen LogP contribution in [0.3, 0.4) is 0 Å². The van der Waals surface area contributed by atoms with E-state index in [1.165, 1.54) is 19.2 Å². The number of nitrogens with zero attached hydrogens (tertiary/aromatic N) is 2. The molecule has 0 aliphatic rings. The third-order valence-electron chi connectivity index (χ3n) is 2.46. The molecule has 0 aliphatic carbocycles. The minimum absolute atomic E-state index is 0.497. The van der Waals surface area contributed by atoms with Crippen molar-refractivity contribution in [3.63, 3.8) is 0 Å². The van der Waals surface area contributed by atoms with Crippen LogP contribution in [0.1, 0.15) is 0 Å². The van der Waals surface area contributed by atoms with Gasteiger partial charge in [-0.2, -0.15) is 5.10 Å². The zero-order valence-electron chi connectivity index (χ0n) is 10.7. The Bertz CT molecular complexity index is 890. The molecular weight excluding hydrogens is 323 g/mol. The summed E-state index contributed by atoms with van der Waals surface area (Å²) in [5, 5.41) is 8.63. The van der Waals surface area contributed by atoms with E-state index in [-0.39, 0.29) is 0 Å². The number of hydrogen-bond acceptors (Lipinski definition) is 5. The molecule has 0 spiro atoms. The standard InChI is InChI=1S/C10H11FN4O4S2/c1-15-6-9(20(12,16)17)10(13-15)14-21(18,19)8-5-3-2-4-7(8)11/h2-6H,1H3,(H,13,14)(H2,12,16,17). The molecule has 0 bridgehead atoms. The molecule has 0 saturated heterocycles. The van der Waals surface area contributed by atoms with Crippen molar-refractivity contribution in [2.75, 3.05) is 4.72 Å². The van der Waals surface area contributed by atoms with Gasteiger partial charge in [0, 0.05) is 13.2 Å². The fraction of sp³-hybridized carbons (Fsp3) is 0.100. The second-order valence-corrected chi connectivity index (χ2v) is 7.28. The average Bonchev–Trinajstić information content (AvgIpc) is 2.69. The van der Waals surface area contributed by atoms with Gasteiger partial charge in [-0.1, -0.05) is 12.1 Å². The summed E-state index contributed by atoms with van der Waals surface area (Å²) in [6.07, 6.45) is 1.04. The maximum absolute atomic E-state index is 13.5. The lowest BCUT2D eigenvalue weighted by molar-refractivity contribution is 0.570. The van der Waals surface area contributed by atoms with E-state index in [1.807, 2.05) is 4.72 Å². The Morgan fingerprint density at radius 2 is 1.81 bits per heavy atom. The summed E-state index contributed by atoms with van der Waals surface area (Å²) in [6, 6.07) is 4.66. The van der Waals surface area contributed by atoms with Crippen LogP contribution < -0.4 is 9.86 Å². The van der Waals surface area contributed by atoms with Gasteiger partial charge in [-0.05, 0) is 12.1 Å². The number of nitrogens with one attached hydrogen (secondary N) is 1. The number of sulfonamides is 2. The van der Waals surface area contributed by atoms with Crippen LogP contribution in [0.15, 0.2) is 40.3 Å². The first-order chi connectivity index (χ1) is 9.61. The predicted molar refractivity (Wildman–Crippen MR) is 71.8 cm³/mol. The Morgan fingerprint density at radius 1 is 1.19 bits per heavy atom. The normalized spacial score (nSPS) is 12.3. The first-order valence-corrected chi connectivity index (χ1v) is 8.48. The van der Waals surface area contributed by atoms with E-state index in [1.54, 1.807) is 0 Å². The largest absolute Gasteiger partial charge is 0.272 e. The second-order valence-electron chi connectivity index (χ2n) is 4.10. The predicted octanol–water partition coefficient (Wildman–Crippen LogP) is 0.00740. The third kappa shape index (κ3) is 3.20. The Hall–Kier alpha value is -1.98. The number of halogens is 1. The van der Waals surface area contributed by atoms with Crippen LogP contribution in [0.25, 0.3) is 0 Å². The van der Waals surface area contributed by atoms with Crippen molar-refractivity contribution in [1.29, 1.82) is 0 Å². The van der Waals surface area contributed by atoms with Crippen LogP contribution in [0.4, 0.5) is 10.2 Å². The smallest absolute Gasteiger partial charge is 0.266 e. The first kappa shape index (κ1) is 15.4. The van der Waals surface area contributed by atoms with E-state index in [9.17, 15) is 21.2 Å². The highest BCUT2D eigenvalue weighted by Gasteiger charge is 2.25. The van der Waals surface area contributed by atoms with E-state index < -0.39 is 41.5 Å². The minimum atomic E-state index is -4.33. The van der Waals surface area contributed by atoms with E-state index in [0.717, 1.165) is 23.0 Å². The Labute approximate surface area is 120 Å². The summed E-state index contributed by atoms with van der Waals surface area (Å²) in [6.45, 7) is 0. The highest BCUT2D eigenvalue weighted by atomic mass is 32.2. The fourth-order valence-electron chi connectivity index (χ4n) is 1.59. The average molecular weight is 334 g/mol. The Morgan fingerprint density at radius 3 is 2.38 bits per heavy atom. The lowest BCUT2D eigenvalue weighted by atomic mass is 10.4. The fourth-order valence-corrected chi connectivity index (χ4v) is 3.41. The molecule has 0 saturated carbocycles. The Balaban J connectivity index is 2.50. The van der Waals surface area contributed by atoms with Crippen LogP contribution in [-0.2, 0) is 27.1 Å². The highest BCUT2D eigenvalue weighted by molar-refractivity contribution is 7.93. The molecule has 0 atom stereocenters. The Kier molecular flexibility index (Phi) is 3.74. The molecule has 0 radical (unpaired) electrons. The maximum atomic E-state index is 13.5. The molecule has 0 fully saturated rings. The minimum Gasteiger partial charge on any atom is -0.272 e. The summed E-state index contributed by atoms with van der Waals surface area (Å²) in [5.74, 6) is -1.47. The monoisotopic (exact) mass is 334 g/mol. The SMILES string of the molecule is Cn1cc(S(N)(=O)=O)c(NS(=O)(=O)c2ccccc2F)n1. The molecule has 0 amide bonds. The topological polar surface area (TPSA) is 124 Å². The number of nitrogens with two attached hydrogens (primary N) is 1. The number of primary sulfonamides is 1. The van der Waals surface area contributed by atoms with Gasteiger partial charge < -0.3 is 0 Å². The van der Waals surface area contributed by atoms with Crippen molar-refractivity contribution >= 4 is 25.9 Å². The zero-order valence-corrected chi connectivity index (χ0v) is 12.3. The quantitative estimate of drug-likeness (QED) is 0.815. The van der Waals surface area contributed by atoms with Gasteiger partial charge in [0.25, 0.3) is 10.0 Å². The molecule has 21 heavy (non-hydrogen) atoms. The number of aromatic nitrogens is 2. The number of benzene rings is 1. The first-order valence-electron chi connectivity index (χ1n) is 5.45. The number of anilines is 1. The summed E-state index contributed by atoms with van der Waals surface area (Å²) in [5.41, 5.74) is 0. The molecule has 114 valence electrons. The van der Waals surface area contributed by atoms with Gasteiger partial charge in [-0.15, -0.1) is 0 Å². The summed E-state index contributed by atoms with van der Waals surface area (Å²) < 4.78 is 63.4. The molecule has 2 rings (SSSR count). The molecule has 11 heteroatoms. The number of rotatable bonds is 4. The van der Waals surface area contributed by atoms with Crippen LogP contribution in [0.2, 0.25) is 0 Å². The van der Waals surface area contributed by atoms with Crippen LogP contribution in [-0.4, -0.2) is 26.6 Å². The van der Waals surface area contributed by atoms with Crippen LogP contribution in [0, 0.1) is 5.82 Å². The maximum Gasteiger partial charge on any atom is 0.266 e. The van der Waals surface area contributed by atoms with Crippen molar-refractivity contribution in [2.45, 2.75) is 9.79 Å². The van der Waals surface area contributed by atoms with Gasteiger partial charge in [0.1, 0.15) is 15.6 Å². The molecule has 1 aromatic carbocycles. The summed E-state index contributed by atoms with van der Waals surface area (Å²) in [7, 11) is -7.13. The molecular formula is C10H11FN4O4S2. The van der Waals surface area contributed by atoms with E-state index >= 15 is 0 Å². The number of hydrogen-bond donors (Lipinski definition) is 2. The summed E-state index contributed by atoms with van der Waals surface area (Å²) >= 11 is 0.